The predicted octanol–water partition coefficient (Wildman–Crippen LogP) is 2.59. The molecule has 1 aliphatic heterocycles. The SMILES string of the molecule is CC(=O)NC12C[C@H]3C[C@@H](C1)CC(C(=O)N1CCN(C(=O)c4ccccc4F)CC1)(C3)C2. The number of carbonyl (C=O) groups is 3. The van der Waals surface area contributed by atoms with E-state index in [2.05, 4.69) is 5.32 Å². The maximum absolute atomic E-state index is 14.0. The third-order valence-electron chi connectivity index (χ3n) is 7.91. The summed E-state index contributed by atoms with van der Waals surface area (Å²) < 4.78 is 14.0. The van der Waals surface area contributed by atoms with Crippen molar-refractivity contribution in [2.45, 2.75) is 51.0 Å². The van der Waals surface area contributed by atoms with Gasteiger partial charge in [-0.2, -0.15) is 0 Å². The molecule has 6 nitrogen and oxygen atoms in total. The number of benzene rings is 1. The molecule has 5 aliphatic rings. The molecule has 0 aromatic heterocycles. The highest BCUT2D eigenvalue weighted by Gasteiger charge is 2.61. The Morgan fingerprint density at radius 3 is 2.19 bits per heavy atom. The first kappa shape index (κ1) is 20.5. The molecule has 0 radical (unpaired) electrons. The lowest BCUT2D eigenvalue weighted by molar-refractivity contribution is -0.164. The Bertz CT molecular complexity index is 910. The zero-order chi connectivity index (χ0) is 21.8. The normalized spacial score (nSPS) is 34.0. The quantitative estimate of drug-likeness (QED) is 0.806. The van der Waals surface area contributed by atoms with Crippen molar-refractivity contribution >= 4 is 17.7 Å². The smallest absolute Gasteiger partial charge is 0.256 e. The molecule has 4 aliphatic carbocycles. The Morgan fingerprint density at radius 2 is 1.58 bits per heavy atom. The molecule has 1 heterocycles. The summed E-state index contributed by atoms with van der Waals surface area (Å²) in [6.07, 6.45) is 5.71. The summed E-state index contributed by atoms with van der Waals surface area (Å²) in [5.74, 6) is 0.355. The molecule has 3 amide bonds. The van der Waals surface area contributed by atoms with Gasteiger partial charge in [-0.15, -0.1) is 0 Å². The van der Waals surface area contributed by atoms with Gasteiger partial charge in [0.05, 0.1) is 11.0 Å². The van der Waals surface area contributed by atoms with Crippen molar-refractivity contribution in [1.29, 1.82) is 0 Å². The van der Waals surface area contributed by atoms with Crippen LogP contribution in [0.25, 0.3) is 0 Å². The largest absolute Gasteiger partial charge is 0.351 e. The van der Waals surface area contributed by atoms with Crippen LogP contribution in [-0.2, 0) is 9.59 Å². The molecule has 166 valence electrons. The van der Waals surface area contributed by atoms with Crippen LogP contribution >= 0.6 is 0 Å². The van der Waals surface area contributed by atoms with E-state index in [1.807, 2.05) is 4.90 Å². The van der Waals surface area contributed by atoms with E-state index >= 15 is 0 Å². The van der Waals surface area contributed by atoms with Gasteiger partial charge in [0.15, 0.2) is 0 Å². The van der Waals surface area contributed by atoms with Crippen molar-refractivity contribution < 1.29 is 18.8 Å². The first-order valence-electron chi connectivity index (χ1n) is 11.4. The molecule has 1 saturated heterocycles. The Hall–Kier alpha value is -2.44. The van der Waals surface area contributed by atoms with Crippen molar-refractivity contribution in [1.82, 2.24) is 15.1 Å². The monoisotopic (exact) mass is 427 g/mol. The van der Waals surface area contributed by atoms with E-state index in [0.717, 1.165) is 32.1 Å². The van der Waals surface area contributed by atoms with Crippen LogP contribution in [0.2, 0.25) is 0 Å². The zero-order valence-corrected chi connectivity index (χ0v) is 18.0. The molecule has 4 atom stereocenters. The average molecular weight is 428 g/mol. The van der Waals surface area contributed by atoms with Gasteiger partial charge < -0.3 is 15.1 Å². The third-order valence-corrected chi connectivity index (χ3v) is 7.91. The highest BCUT2D eigenvalue weighted by Crippen LogP contribution is 2.62. The van der Waals surface area contributed by atoms with Crippen LogP contribution in [0, 0.1) is 23.1 Å². The summed E-state index contributed by atoms with van der Waals surface area (Å²) >= 11 is 0. The minimum atomic E-state index is -0.511. The van der Waals surface area contributed by atoms with E-state index in [-0.39, 0.29) is 34.2 Å². The second kappa shape index (κ2) is 7.31. The molecule has 1 aromatic carbocycles. The van der Waals surface area contributed by atoms with Crippen LogP contribution in [0.1, 0.15) is 55.8 Å². The maximum atomic E-state index is 14.0. The van der Waals surface area contributed by atoms with Gasteiger partial charge in [0.1, 0.15) is 5.82 Å². The van der Waals surface area contributed by atoms with Crippen LogP contribution < -0.4 is 5.32 Å². The van der Waals surface area contributed by atoms with Crippen molar-refractivity contribution in [3.05, 3.63) is 35.6 Å². The van der Waals surface area contributed by atoms with Crippen LogP contribution in [0.4, 0.5) is 4.39 Å². The molecule has 1 aromatic rings. The maximum Gasteiger partial charge on any atom is 0.256 e. The number of piperazine rings is 1. The van der Waals surface area contributed by atoms with Gasteiger partial charge in [-0.3, -0.25) is 14.4 Å². The molecule has 31 heavy (non-hydrogen) atoms. The minimum absolute atomic E-state index is 0.00943. The van der Waals surface area contributed by atoms with Crippen molar-refractivity contribution in [2.75, 3.05) is 26.2 Å². The Kier molecular flexibility index (Phi) is 4.83. The Morgan fingerprint density at radius 1 is 0.968 bits per heavy atom. The number of rotatable bonds is 3. The number of hydrogen-bond acceptors (Lipinski definition) is 3. The van der Waals surface area contributed by atoms with Gasteiger partial charge in [-0.05, 0) is 62.5 Å². The molecule has 6 rings (SSSR count). The molecule has 4 bridgehead atoms. The summed E-state index contributed by atoms with van der Waals surface area (Å²) in [7, 11) is 0. The summed E-state index contributed by atoms with van der Waals surface area (Å²) in [5.41, 5.74) is -0.529. The van der Waals surface area contributed by atoms with Gasteiger partial charge in [0.25, 0.3) is 5.91 Å². The Balaban J connectivity index is 1.28. The number of nitrogens with one attached hydrogen (secondary N) is 1. The first-order chi connectivity index (χ1) is 14.8. The van der Waals surface area contributed by atoms with Gasteiger partial charge in [0, 0.05) is 38.6 Å². The fourth-order valence-corrected chi connectivity index (χ4v) is 7.29. The van der Waals surface area contributed by atoms with Gasteiger partial charge in [-0.1, -0.05) is 12.1 Å². The second-order valence-corrected chi connectivity index (χ2v) is 10.3. The van der Waals surface area contributed by atoms with E-state index in [9.17, 15) is 18.8 Å². The highest BCUT2D eigenvalue weighted by atomic mass is 19.1. The lowest BCUT2D eigenvalue weighted by Gasteiger charge is -2.62. The van der Waals surface area contributed by atoms with E-state index in [1.165, 1.54) is 18.6 Å². The fraction of sp³-hybridized carbons (Fsp3) is 0.625. The number of nitrogens with zero attached hydrogens (tertiary/aromatic N) is 2. The standard InChI is InChI=1S/C24H30FN3O3/c1-16(29)26-24-13-17-10-18(14-24)12-23(11-17,15-24)22(31)28-8-6-27(7-9-28)21(30)19-4-2-3-5-20(19)25/h2-5,17-18H,6-15H2,1H3,(H,26,29)/t17-,18+,23?,24?. The third kappa shape index (κ3) is 3.52. The topological polar surface area (TPSA) is 69.7 Å². The molecule has 1 N–H and O–H groups in total. The fourth-order valence-electron chi connectivity index (χ4n) is 7.29. The van der Waals surface area contributed by atoms with E-state index in [4.69, 9.17) is 0 Å². The minimum Gasteiger partial charge on any atom is -0.351 e. The van der Waals surface area contributed by atoms with E-state index in [1.54, 1.807) is 24.0 Å². The summed E-state index contributed by atoms with van der Waals surface area (Å²) in [4.78, 5) is 41.9. The van der Waals surface area contributed by atoms with Crippen molar-refractivity contribution in [2.24, 2.45) is 17.3 Å². The molecular weight excluding hydrogens is 397 g/mol. The van der Waals surface area contributed by atoms with E-state index in [0.29, 0.717) is 38.0 Å². The van der Waals surface area contributed by atoms with E-state index < -0.39 is 5.82 Å². The Labute approximate surface area is 182 Å². The van der Waals surface area contributed by atoms with Crippen molar-refractivity contribution in [3.8, 4) is 0 Å². The van der Waals surface area contributed by atoms with Gasteiger partial charge in [0.2, 0.25) is 11.8 Å². The molecule has 4 saturated carbocycles. The summed E-state index contributed by atoms with van der Waals surface area (Å²) in [5, 5.41) is 3.22. The predicted molar refractivity (Wildman–Crippen MR) is 113 cm³/mol. The lowest BCUT2D eigenvalue weighted by atomic mass is 9.46. The molecule has 2 unspecified atom stereocenters. The van der Waals surface area contributed by atoms with Crippen LogP contribution in [0.5, 0.6) is 0 Å². The first-order valence-corrected chi connectivity index (χ1v) is 11.4. The van der Waals surface area contributed by atoms with Crippen LogP contribution in [0.15, 0.2) is 24.3 Å². The number of hydrogen-bond donors (Lipinski definition) is 1. The highest BCUT2D eigenvalue weighted by molar-refractivity contribution is 5.94. The van der Waals surface area contributed by atoms with Crippen LogP contribution in [-0.4, -0.2) is 59.2 Å². The van der Waals surface area contributed by atoms with Crippen LogP contribution in [0.3, 0.4) is 0 Å². The van der Waals surface area contributed by atoms with Gasteiger partial charge in [-0.25, -0.2) is 4.39 Å². The zero-order valence-electron chi connectivity index (χ0n) is 18.0. The molecular formula is C24H30FN3O3. The lowest BCUT2D eigenvalue weighted by Crippen LogP contribution is -2.66. The van der Waals surface area contributed by atoms with Gasteiger partial charge >= 0.3 is 0 Å². The summed E-state index contributed by atoms with van der Waals surface area (Å²) in [6.45, 7) is 3.35. The van der Waals surface area contributed by atoms with Crippen molar-refractivity contribution in [3.63, 3.8) is 0 Å². The number of carbonyl (C=O) groups excluding carboxylic acids is 3. The molecule has 0 spiro atoms. The molecule has 5 fully saturated rings. The second-order valence-electron chi connectivity index (χ2n) is 10.3. The number of halogens is 1. The molecule has 7 heteroatoms. The summed E-state index contributed by atoms with van der Waals surface area (Å²) in [6, 6.07) is 6.03. The number of amides is 3. The average Bonchev–Trinajstić information content (AvgIpc) is 2.71.